The number of pyridine rings is 1. The molecule has 0 aliphatic carbocycles. The van der Waals surface area contributed by atoms with Crippen LogP contribution < -0.4 is 0 Å². The van der Waals surface area contributed by atoms with E-state index in [1.165, 1.54) is 38.5 Å². The minimum atomic E-state index is 0.257. The summed E-state index contributed by atoms with van der Waals surface area (Å²) in [5.74, 6) is 0.824. The molecule has 0 bridgehead atoms. The van der Waals surface area contributed by atoms with Crippen LogP contribution in [-0.4, -0.2) is 10.1 Å². The van der Waals surface area contributed by atoms with Crippen molar-refractivity contribution in [3.05, 3.63) is 24.0 Å². The van der Waals surface area contributed by atoms with E-state index in [2.05, 4.69) is 18.8 Å². The lowest BCUT2D eigenvalue weighted by Gasteiger charge is -2.15. The van der Waals surface area contributed by atoms with Crippen LogP contribution >= 0.6 is 0 Å². The van der Waals surface area contributed by atoms with Crippen molar-refractivity contribution in [2.24, 2.45) is 0 Å². The Hall–Kier alpha value is -1.05. The predicted molar refractivity (Wildman–Crippen MR) is 67.7 cm³/mol. The van der Waals surface area contributed by atoms with Crippen molar-refractivity contribution >= 4 is 0 Å². The Balaban J connectivity index is 2.57. The summed E-state index contributed by atoms with van der Waals surface area (Å²) in [5, 5.41) is 9.22. The zero-order valence-corrected chi connectivity index (χ0v) is 10.4. The monoisotopic (exact) mass is 221 g/mol. The summed E-state index contributed by atoms with van der Waals surface area (Å²) in [5.41, 5.74) is 1.13. The minimum absolute atomic E-state index is 0.257. The second kappa shape index (κ2) is 7.26. The van der Waals surface area contributed by atoms with Crippen molar-refractivity contribution in [1.82, 2.24) is 4.98 Å². The maximum atomic E-state index is 9.22. The molecule has 0 saturated heterocycles. The molecule has 16 heavy (non-hydrogen) atoms. The molecule has 0 aliphatic heterocycles. The van der Waals surface area contributed by atoms with Crippen molar-refractivity contribution in [1.29, 1.82) is 0 Å². The van der Waals surface area contributed by atoms with E-state index in [0.717, 1.165) is 5.69 Å². The van der Waals surface area contributed by atoms with Gasteiger partial charge in [0.15, 0.2) is 0 Å². The first-order valence-corrected chi connectivity index (χ1v) is 6.42. The molecule has 1 aromatic heterocycles. The number of aromatic hydroxyl groups is 1. The summed E-state index contributed by atoms with van der Waals surface area (Å²) in [6.07, 6.45) is 9.02. The molecule has 0 amide bonds. The summed E-state index contributed by atoms with van der Waals surface area (Å²) < 4.78 is 0. The molecular formula is C14H23NO. The molecule has 1 aromatic rings. The van der Waals surface area contributed by atoms with E-state index in [0.29, 0.717) is 5.92 Å². The van der Waals surface area contributed by atoms with Crippen LogP contribution in [-0.2, 0) is 0 Å². The minimum Gasteiger partial charge on any atom is -0.506 e. The molecule has 0 fully saturated rings. The highest BCUT2D eigenvalue weighted by atomic mass is 16.3. The molecule has 2 heteroatoms. The van der Waals surface area contributed by atoms with Crippen molar-refractivity contribution in [3.8, 4) is 5.75 Å². The van der Waals surface area contributed by atoms with Crippen molar-refractivity contribution in [3.63, 3.8) is 0 Å². The van der Waals surface area contributed by atoms with Gasteiger partial charge in [0.25, 0.3) is 0 Å². The van der Waals surface area contributed by atoms with Gasteiger partial charge < -0.3 is 5.11 Å². The lowest BCUT2D eigenvalue weighted by atomic mass is 9.93. The molecule has 1 rings (SSSR count). The van der Waals surface area contributed by atoms with Crippen molar-refractivity contribution < 1.29 is 5.11 Å². The van der Waals surface area contributed by atoms with Crippen LogP contribution in [0.1, 0.15) is 64.0 Å². The average Bonchev–Trinajstić information content (AvgIpc) is 2.29. The number of nitrogens with zero attached hydrogens (tertiary/aromatic N) is 1. The Labute approximate surface area is 98.7 Å². The summed E-state index contributed by atoms with van der Waals surface area (Å²) in [6.45, 7) is 4.45. The highest BCUT2D eigenvalue weighted by Gasteiger charge is 2.11. The maximum Gasteiger partial charge on any atom is 0.133 e. The number of aromatic nitrogens is 1. The van der Waals surface area contributed by atoms with Gasteiger partial charge in [-0.2, -0.15) is 0 Å². The molecule has 0 radical (unpaired) electrons. The van der Waals surface area contributed by atoms with Gasteiger partial charge in [0.05, 0.1) is 6.20 Å². The fourth-order valence-corrected chi connectivity index (χ4v) is 2.07. The molecule has 0 spiro atoms. The molecule has 1 N–H and O–H groups in total. The van der Waals surface area contributed by atoms with Gasteiger partial charge in [0, 0.05) is 11.6 Å². The largest absolute Gasteiger partial charge is 0.506 e. The van der Waals surface area contributed by atoms with Crippen molar-refractivity contribution in [2.75, 3.05) is 0 Å². The molecule has 0 aliphatic rings. The van der Waals surface area contributed by atoms with Crippen LogP contribution in [0, 0.1) is 0 Å². The third kappa shape index (κ3) is 4.21. The van der Waals surface area contributed by atoms with Crippen molar-refractivity contribution in [2.45, 2.75) is 58.3 Å². The van der Waals surface area contributed by atoms with Gasteiger partial charge >= 0.3 is 0 Å². The molecule has 90 valence electrons. The van der Waals surface area contributed by atoms with Gasteiger partial charge in [-0.3, -0.25) is 4.98 Å². The van der Waals surface area contributed by atoms with E-state index >= 15 is 0 Å². The van der Waals surface area contributed by atoms with E-state index in [4.69, 9.17) is 0 Å². The number of hydrogen-bond acceptors (Lipinski definition) is 2. The number of unbranched alkanes of at least 4 members (excludes halogenated alkanes) is 2. The first kappa shape index (κ1) is 13.0. The maximum absolute atomic E-state index is 9.22. The molecule has 1 heterocycles. The summed E-state index contributed by atoms with van der Waals surface area (Å²) in [7, 11) is 0. The summed E-state index contributed by atoms with van der Waals surface area (Å²) in [4.78, 5) is 4.33. The zero-order valence-electron chi connectivity index (χ0n) is 10.4. The quantitative estimate of drug-likeness (QED) is 0.698. The molecule has 2 nitrogen and oxygen atoms in total. The highest BCUT2D eigenvalue weighted by Crippen LogP contribution is 2.26. The van der Waals surface area contributed by atoms with Gasteiger partial charge in [-0.15, -0.1) is 0 Å². The smallest absolute Gasteiger partial charge is 0.133 e. The second-order valence-electron chi connectivity index (χ2n) is 4.42. The van der Waals surface area contributed by atoms with Crippen LogP contribution in [0.3, 0.4) is 0 Å². The third-order valence-corrected chi connectivity index (χ3v) is 2.98. The second-order valence-corrected chi connectivity index (χ2v) is 4.42. The SMILES string of the molecule is CCCCCC(CCC)c1ccc(O)cn1. The van der Waals surface area contributed by atoms with Crippen LogP contribution in [0.5, 0.6) is 5.75 Å². The predicted octanol–water partition coefficient (Wildman–Crippen LogP) is 4.25. The van der Waals surface area contributed by atoms with E-state index < -0.39 is 0 Å². The van der Waals surface area contributed by atoms with Gasteiger partial charge in [-0.05, 0) is 25.0 Å². The molecule has 0 saturated carbocycles. The van der Waals surface area contributed by atoms with E-state index in [1.54, 1.807) is 12.3 Å². The standard InChI is InChI=1S/C14H23NO/c1-3-5-6-8-12(7-4-2)14-10-9-13(16)11-15-14/h9-12,16H,3-8H2,1-2H3. The van der Waals surface area contributed by atoms with Gasteiger partial charge in [0.1, 0.15) is 5.75 Å². The first-order chi connectivity index (χ1) is 7.77. The number of hydrogen-bond donors (Lipinski definition) is 1. The van der Waals surface area contributed by atoms with Crippen LogP contribution in [0.2, 0.25) is 0 Å². The Bertz CT molecular complexity index is 281. The normalized spacial score (nSPS) is 12.6. The van der Waals surface area contributed by atoms with E-state index in [9.17, 15) is 5.11 Å². The number of rotatable bonds is 7. The van der Waals surface area contributed by atoms with E-state index in [-0.39, 0.29) is 5.75 Å². The Kier molecular flexibility index (Phi) is 5.91. The Morgan fingerprint density at radius 3 is 2.50 bits per heavy atom. The zero-order chi connectivity index (χ0) is 11.8. The van der Waals surface area contributed by atoms with Crippen LogP contribution in [0.15, 0.2) is 18.3 Å². The van der Waals surface area contributed by atoms with Gasteiger partial charge in [0.2, 0.25) is 0 Å². The summed E-state index contributed by atoms with van der Waals surface area (Å²) in [6, 6.07) is 3.70. The summed E-state index contributed by atoms with van der Waals surface area (Å²) >= 11 is 0. The van der Waals surface area contributed by atoms with E-state index in [1.807, 2.05) is 6.07 Å². The Morgan fingerprint density at radius 1 is 1.12 bits per heavy atom. The third-order valence-electron chi connectivity index (χ3n) is 2.98. The Morgan fingerprint density at radius 2 is 1.94 bits per heavy atom. The molecule has 0 aromatic carbocycles. The molecular weight excluding hydrogens is 198 g/mol. The lowest BCUT2D eigenvalue weighted by molar-refractivity contribution is 0.469. The van der Waals surface area contributed by atoms with Gasteiger partial charge in [-0.25, -0.2) is 0 Å². The van der Waals surface area contributed by atoms with Crippen LogP contribution in [0.25, 0.3) is 0 Å². The first-order valence-electron chi connectivity index (χ1n) is 6.42. The topological polar surface area (TPSA) is 33.1 Å². The fraction of sp³-hybridized carbons (Fsp3) is 0.643. The van der Waals surface area contributed by atoms with Gasteiger partial charge in [-0.1, -0.05) is 39.5 Å². The lowest BCUT2D eigenvalue weighted by Crippen LogP contribution is -2.01. The molecule has 1 atom stereocenters. The molecule has 1 unspecified atom stereocenters. The van der Waals surface area contributed by atoms with Crippen LogP contribution in [0.4, 0.5) is 0 Å². The average molecular weight is 221 g/mol. The fourth-order valence-electron chi connectivity index (χ4n) is 2.07. The highest BCUT2D eigenvalue weighted by molar-refractivity contribution is 5.20.